The zero-order valence-corrected chi connectivity index (χ0v) is 11.1. The van der Waals surface area contributed by atoms with Crippen LogP contribution in [0.15, 0.2) is 0 Å². The average Bonchev–Trinajstić information content (AvgIpc) is 2.66. The van der Waals surface area contributed by atoms with E-state index in [9.17, 15) is 9.59 Å². The number of likely N-dealkylation sites (N-methyl/N-ethyl adjacent to an activating group) is 1. The Morgan fingerprint density at radius 3 is 2.83 bits per heavy atom. The first-order valence-corrected chi connectivity index (χ1v) is 6.46. The average molecular weight is 255 g/mol. The number of rotatable bonds is 3. The first-order chi connectivity index (χ1) is 8.54. The number of hydrogen-bond acceptors (Lipinski definition) is 4. The van der Waals surface area contributed by atoms with Gasteiger partial charge in [0.25, 0.3) is 0 Å². The fourth-order valence-corrected chi connectivity index (χ4v) is 2.69. The van der Waals surface area contributed by atoms with Gasteiger partial charge in [-0.25, -0.2) is 0 Å². The van der Waals surface area contributed by atoms with Crippen LogP contribution in [0, 0.1) is 0 Å². The van der Waals surface area contributed by atoms with E-state index in [0.717, 1.165) is 12.8 Å². The van der Waals surface area contributed by atoms with Crippen LogP contribution < -0.4 is 10.6 Å². The molecule has 2 N–H and O–H groups in total. The molecule has 6 nitrogen and oxygen atoms in total. The Labute approximate surface area is 107 Å². The lowest BCUT2D eigenvalue weighted by Gasteiger charge is -2.40. The summed E-state index contributed by atoms with van der Waals surface area (Å²) in [5, 5.41) is 5.50. The van der Waals surface area contributed by atoms with Crippen LogP contribution >= 0.6 is 0 Å². The number of nitrogens with zero attached hydrogens (tertiary/aromatic N) is 1. The summed E-state index contributed by atoms with van der Waals surface area (Å²) in [7, 11) is 1.70. The Bertz CT molecular complexity index is 347. The molecule has 2 saturated heterocycles. The van der Waals surface area contributed by atoms with E-state index in [0.29, 0.717) is 0 Å². The number of ether oxygens (including phenoxy) is 1. The van der Waals surface area contributed by atoms with Crippen LogP contribution in [0.25, 0.3) is 0 Å². The second-order valence-electron chi connectivity index (χ2n) is 5.04. The van der Waals surface area contributed by atoms with Crippen molar-refractivity contribution in [3.05, 3.63) is 0 Å². The monoisotopic (exact) mass is 255 g/mol. The smallest absolute Gasteiger partial charge is 0.250 e. The van der Waals surface area contributed by atoms with Crippen molar-refractivity contribution in [1.29, 1.82) is 0 Å². The summed E-state index contributed by atoms with van der Waals surface area (Å²) in [4.78, 5) is 25.7. The second kappa shape index (κ2) is 5.24. The Morgan fingerprint density at radius 1 is 1.44 bits per heavy atom. The van der Waals surface area contributed by atoms with Crippen LogP contribution in [-0.4, -0.2) is 54.7 Å². The largest absolute Gasteiger partial charge is 0.353 e. The molecule has 6 heteroatoms. The van der Waals surface area contributed by atoms with Gasteiger partial charge in [0.1, 0.15) is 12.3 Å². The quantitative estimate of drug-likeness (QED) is 0.709. The summed E-state index contributed by atoms with van der Waals surface area (Å²) in [5.41, 5.74) is 0. The zero-order valence-electron chi connectivity index (χ0n) is 11.1. The van der Waals surface area contributed by atoms with Crippen molar-refractivity contribution in [2.24, 2.45) is 0 Å². The summed E-state index contributed by atoms with van der Waals surface area (Å²) in [5.74, 6) is -0.204. The van der Waals surface area contributed by atoms with E-state index >= 15 is 0 Å². The van der Waals surface area contributed by atoms with Gasteiger partial charge < -0.3 is 20.3 Å². The third kappa shape index (κ3) is 2.35. The number of amides is 2. The molecule has 0 bridgehead atoms. The predicted octanol–water partition coefficient (Wildman–Crippen LogP) is -0.554. The maximum atomic E-state index is 12.4. The molecule has 2 amide bonds. The SMILES string of the molecule is CNCC(=O)N[C@@H]1C(=O)N2C(C)CCC2OC1C. The third-order valence-electron chi connectivity index (χ3n) is 3.63. The summed E-state index contributed by atoms with van der Waals surface area (Å²) in [6.07, 6.45) is 1.46. The van der Waals surface area contributed by atoms with Crippen LogP contribution in [0.5, 0.6) is 0 Å². The van der Waals surface area contributed by atoms with Crippen LogP contribution in [0.4, 0.5) is 0 Å². The minimum Gasteiger partial charge on any atom is -0.353 e. The van der Waals surface area contributed by atoms with Gasteiger partial charge in [0.15, 0.2) is 0 Å². The van der Waals surface area contributed by atoms with Gasteiger partial charge in [-0.2, -0.15) is 0 Å². The molecule has 2 rings (SSSR count). The molecule has 0 saturated carbocycles. The van der Waals surface area contributed by atoms with Gasteiger partial charge in [-0.1, -0.05) is 0 Å². The van der Waals surface area contributed by atoms with E-state index in [2.05, 4.69) is 10.6 Å². The molecule has 0 aromatic heterocycles. The van der Waals surface area contributed by atoms with Crippen molar-refractivity contribution in [2.45, 2.75) is 51.1 Å². The topological polar surface area (TPSA) is 70.7 Å². The van der Waals surface area contributed by atoms with E-state index < -0.39 is 6.04 Å². The molecule has 2 aliphatic heterocycles. The van der Waals surface area contributed by atoms with Crippen molar-refractivity contribution in [1.82, 2.24) is 15.5 Å². The fraction of sp³-hybridized carbons (Fsp3) is 0.833. The van der Waals surface area contributed by atoms with E-state index in [1.165, 1.54) is 0 Å². The van der Waals surface area contributed by atoms with Gasteiger partial charge in [0.2, 0.25) is 11.8 Å². The molecule has 4 atom stereocenters. The highest BCUT2D eigenvalue weighted by Crippen LogP contribution is 2.31. The maximum absolute atomic E-state index is 12.4. The molecule has 102 valence electrons. The van der Waals surface area contributed by atoms with E-state index in [1.54, 1.807) is 11.9 Å². The summed E-state index contributed by atoms with van der Waals surface area (Å²) in [6.45, 7) is 4.06. The van der Waals surface area contributed by atoms with Gasteiger partial charge in [0.05, 0.1) is 12.6 Å². The van der Waals surface area contributed by atoms with Gasteiger partial charge >= 0.3 is 0 Å². The molecule has 18 heavy (non-hydrogen) atoms. The van der Waals surface area contributed by atoms with Crippen LogP contribution in [0.1, 0.15) is 26.7 Å². The van der Waals surface area contributed by atoms with Crippen LogP contribution in [-0.2, 0) is 14.3 Å². The number of carbonyl (C=O) groups is 2. The van der Waals surface area contributed by atoms with Crippen LogP contribution in [0.2, 0.25) is 0 Å². The van der Waals surface area contributed by atoms with Gasteiger partial charge in [-0.15, -0.1) is 0 Å². The lowest BCUT2D eigenvalue weighted by molar-refractivity contribution is -0.176. The van der Waals surface area contributed by atoms with Gasteiger partial charge in [-0.05, 0) is 33.7 Å². The van der Waals surface area contributed by atoms with Gasteiger partial charge in [0, 0.05) is 6.04 Å². The zero-order chi connectivity index (χ0) is 13.3. The molecule has 0 aromatic carbocycles. The van der Waals surface area contributed by atoms with Crippen molar-refractivity contribution >= 4 is 11.8 Å². The van der Waals surface area contributed by atoms with Crippen LogP contribution in [0.3, 0.4) is 0 Å². The summed E-state index contributed by atoms with van der Waals surface area (Å²) < 4.78 is 5.81. The molecular weight excluding hydrogens is 234 g/mol. The third-order valence-corrected chi connectivity index (χ3v) is 3.63. The molecule has 2 fully saturated rings. The molecule has 2 heterocycles. The number of carbonyl (C=O) groups excluding carboxylic acids is 2. The molecule has 0 aromatic rings. The Hall–Kier alpha value is -1.14. The highest BCUT2D eigenvalue weighted by atomic mass is 16.5. The normalized spacial score (nSPS) is 35.5. The Morgan fingerprint density at radius 2 is 2.17 bits per heavy atom. The molecule has 0 spiro atoms. The minimum absolute atomic E-state index is 0.0202. The van der Waals surface area contributed by atoms with Crippen molar-refractivity contribution in [2.75, 3.05) is 13.6 Å². The molecule has 2 aliphatic rings. The second-order valence-corrected chi connectivity index (χ2v) is 5.04. The Balaban J connectivity index is 2.06. The van der Waals surface area contributed by atoms with E-state index in [4.69, 9.17) is 4.74 Å². The van der Waals surface area contributed by atoms with E-state index in [-0.39, 0.29) is 36.7 Å². The number of fused-ring (bicyclic) bond motifs is 1. The molecule has 0 aliphatic carbocycles. The van der Waals surface area contributed by atoms with Crippen molar-refractivity contribution < 1.29 is 14.3 Å². The minimum atomic E-state index is -0.567. The van der Waals surface area contributed by atoms with E-state index in [1.807, 2.05) is 13.8 Å². The van der Waals surface area contributed by atoms with Crippen molar-refractivity contribution in [3.8, 4) is 0 Å². The first kappa shape index (κ1) is 13.3. The summed E-state index contributed by atoms with van der Waals surface area (Å²) in [6, 6.07) is -0.374. The maximum Gasteiger partial charge on any atom is 0.250 e. The summed E-state index contributed by atoms with van der Waals surface area (Å²) >= 11 is 0. The number of hydrogen-bond donors (Lipinski definition) is 2. The standard InChI is InChI=1S/C12H21N3O3/c1-7-4-5-10-15(7)12(17)11(8(2)18-10)14-9(16)6-13-3/h7-8,10-11,13H,4-6H2,1-3H3,(H,14,16)/t7?,8?,10?,11-/m0/s1. The highest BCUT2D eigenvalue weighted by molar-refractivity contribution is 5.89. The van der Waals surface area contributed by atoms with Gasteiger partial charge in [-0.3, -0.25) is 9.59 Å². The number of nitrogens with one attached hydrogen (secondary N) is 2. The molecule has 3 unspecified atom stereocenters. The first-order valence-electron chi connectivity index (χ1n) is 6.46. The molecular formula is C12H21N3O3. The molecule has 0 radical (unpaired) electrons. The van der Waals surface area contributed by atoms with Crippen molar-refractivity contribution in [3.63, 3.8) is 0 Å². The lowest BCUT2D eigenvalue weighted by atomic mass is 10.1. The highest BCUT2D eigenvalue weighted by Gasteiger charge is 2.46. The predicted molar refractivity (Wildman–Crippen MR) is 65.7 cm³/mol. The Kier molecular flexibility index (Phi) is 3.87. The lowest BCUT2D eigenvalue weighted by Crippen LogP contribution is -2.62. The fourth-order valence-electron chi connectivity index (χ4n) is 2.69.